The molecule has 1 atom stereocenters. The highest BCUT2D eigenvalue weighted by Gasteiger charge is 2.28. The summed E-state index contributed by atoms with van der Waals surface area (Å²) in [5.74, 6) is 0.364. The summed E-state index contributed by atoms with van der Waals surface area (Å²) in [6.07, 6.45) is 0. The second-order valence-corrected chi connectivity index (χ2v) is 3.00. The number of hydrogen-bond donors (Lipinski definition) is 1. The first-order valence-electron chi connectivity index (χ1n) is 4.08. The molecule has 4 nitrogen and oxygen atoms in total. The molecule has 68 valence electrons. The first kappa shape index (κ1) is 8.04. The summed E-state index contributed by atoms with van der Waals surface area (Å²) in [7, 11) is 1.56. The second kappa shape index (κ2) is 2.73. The van der Waals surface area contributed by atoms with Crippen LogP contribution in [0.1, 0.15) is 18.5 Å². The SMILES string of the molecule is COc1ccc2c(n1)C(C)C(=O)N2. The van der Waals surface area contributed by atoms with Crippen molar-refractivity contribution >= 4 is 11.6 Å². The molecule has 1 N–H and O–H groups in total. The average molecular weight is 178 g/mol. The first-order valence-corrected chi connectivity index (χ1v) is 4.08. The van der Waals surface area contributed by atoms with Gasteiger partial charge >= 0.3 is 0 Å². The molecule has 4 heteroatoms. The second-order valence-electron chi connectivity index (χ2n) is 3.00. The molecule has 0 aliphatic carbocycles. The number of fused-ring (bicyclic) bond motifs is 1. The Morgan fingerprint density at radius 1 is 1.54 bits per heavy atom. The molecule has 1 unspecified atom stereocenters. The average Bonchev–Trinajstić information content (AvgIpc) is 2.43. The van der Waals surface area contributed by atoms with Crippen molar-refractivity contribution in [2.24, 2.45) is 0 Å². The van der Waals surface area contributed by atoms with Crippen LogP contribution < -0.4 is 10.1 Å². The highest BCUT2D eigenvalue weighted by molar-refractivity contribution is 6.01. The van der Waals surface area contributed by atoms with Crippen molar-refractivity contribution in [2.45, 2.75) is 12.8 Å². The van der Waals surface area contributed by atoms with Gasteiger partial charge in [0.15, 0.2) is 0 Å². The van der Waals surface area contributed by atoms with Crippen molar-refractivity contribution in [3.63, 3.8) is 0 Å². The predicted octanol–water partition coefficient (Wildman–Crippen LogP) is 1.15. The Kier molecular flexibility index (Phi) is 1.69. The Morgan fingerprint density at radius 2 is 2.31 bits per heavy atom. The van der Waals surface area contributed by atoms with Gasteiger partial charge in [0.2, 0.25) is 11.8 Å². The Hall–Kier alpha value is -1.58. The van der Waals surface area contributed by atoms with E-state index in [4.69, 9.17) is 4.74 Å². The van der Waals surface area contributed by atoms with Crippen LogP contribution in [0, 0.1) is 0 Å². The van der Waals surface area contributed by atoms with Gasteiger partial charge in [-0.1, -0.05) is 0 Å². The van der Waals surface area contributed by atoms with E-state index in [1.807, 2.05) is 13.0 Å². The van der Waals surface area contributed by atoms with Crippen LogP contribution in [0.4, 0.5) is 5.69 Å². The Labute approximate surface area is 75.9 Å². The highest BCUT2D eigenvalue weighted by Crippen LogP contribution is 2.31. The summed E-state index contributed by atoms with van der Waals surface area (Å²) in [5, 5.41) is 2.74. The number of amides is 1. The van der Waals surface area contributed by atoms with Gasteiger partial charge in [-0.15, -0.1) is 0 Å². The zero-order chi connectivity index (χ0) is 9.42. The van der Waals surface area contributed by atoms with Crippen LogP contribution >= 0.6 is 0 Å². The van der Waals surface area contributed by atoms with E-state index >= 15 is 0 Å². The van der Waals surface area contributed by atoms with Gasteiger partial charge in [-0.3, -0.25) is 4.79 Å². The van der Waals surface area contributed by atoms with E-state index in [0.29, 0.717) is 5.88 Å². The maximum absolute atomic E-state index is 11.2. The number of carbonyl (C=O) groups excluding carboxylic acids is 1. The molecule has 13 heavy (non-hydrogen) atoms. The lowest BCUT2D eigenvalue weighted by Gasteiger charge is -2.02. The molecule has 0 aromatic carbocycles. The molecule has 0 saturated heterocycles. The van der Waals surface area contributed by atoms with Crippen molar-refractivity contribution in [3.8, 4) is 5.88 Å². The highest BCUT2D eigenvalue weighted by atomic mass is 16.5. The molecule has 1 aliphatic rings. The topological polar surface area (TPSA) is 51.2 Å². The number of anilines is 1. The standard InChI is InChI=1S/C9H10N2O2/c1-5-8-6(10-9(5)12)3-4-7(11-8)13-2/h3-5H,1-2H3,(H,10,12). The third-order valence-electron chi connectivity index (χ3n) is 2.17. The molecular formula is C9H10N2O2. The van der Waals surface area contributed by atoms with Crippen molar-refractivity contribution in [1.82, 2.24) is 4.98 Å². The van der Waals surface area contributed by atoms with Crippen LogP contribution in [-0.4, -0.2) is 18.0 Å². The van der Waals surface area contributed by atoms with Gasteiger partial charge in [-0.2, -0.15) is 0 Å². The first-order chi connectivity index (χ1) is 6.22. The van der Waals surface area contributed by atoms with E-state index in [-0.39, 0.29) is 11.8 Å². The largest absolute Gasteiger partial charge is 0.481 e. The van der Waals surface area contributed by atoms with Crippen molar-refractivity contribution < 1.29 is 9.53 Å². The zero-order valence-corrected chi connectivity index (χ0v) is 7.50. The number of methoxy groups -OCH3 is 1. The molecule has 0 radical (unpaired) electrons. The van der Waals surface area contributed by atoms with Crippen LogP contribution in [-0.2, 0) is 4.79 Å². The van der Waals surface area contributed by atoms with Crippen molar-refractivity contribution in [1.29, 1.82) is 0 Å². The Bertz CT molecular complexity index is 363. The summed E-state index contributed by atoms with van der Waals surface area (Å²) >= 11 is 0. The number of nitrogens with zero attached hydrogens (tertiary/aromatic N) is 1. The smallest absolute Gasteiger partial charge is 0.233 e. The van der Waals surface area contributed by atoms with E-state index in [1.54, 1.807) is 13.2 Å². The number of hydrogen-bond acceptors (Lipinski definition) is 3. The molecule has 0 saturated carbocycles. The lowest BCUT2D eigenvalue weighted by Crippen LogP contribution is -2.08. The van der Waals surface area contributed by atoms with Crippen LogP contribution in [0.2, 0.25) is 0 Å². The third kappa shape index (κ3) is 1.14. The number of ether oxygens (including phenoxy) is 1. The minimum Gasteiger partial charge on any atom is -0.481 e. The maximum Gasteiger partial charge on any atom is 0.233 e. The van der Waals surface area contributed by atoms with Gasteiger partial charge in [-0.05, 0) is 13.0 Å². The van der Waals surface area contributed by atoms with E-state index in [0.717, 1.165) is 11.4 Å². The van der Waals surface area contributed by atoms with Gasteiger partial charge in [0, 0.05) is 6.07 Å². The fourth-order valence-electron chi connectivity index (χ4n) is 1.37. The number of carbonyl (C=O) groups is 1. The lowest BCUT2D eigenvalue weighted by atomic mass is 10.1. The summed E-state index contributed by atoms with van der Waals surface area (Å²) < 4.78 is 4.97. The molecule has 0 spiro atoms. The zero-order valence-electron chi connectivity index (χ0n) is 7.50. The van der Waals surface area contributed by atoms with E-state index < -0.39 is 0 Å². The Balaban J connectivity index is 2.47. The summed E-state index contributed by atoms with van der Waals surface area (Å²) in [6.45, 7) is 1.83. The van der Waals surface area contributed by atoms with Crippen molar-refractivity contribution in [3.05, 3.63) is 17.8 Å². The molecule has 2 rings (SSSR count). The van der Waals surface area contributed by atoms with Crippen molar-refractivity contribution in [2.75, 3.05) is 12.4 Å². The minimum absolute atomic E-state index is 0.00393. The third-order valence-corrected chi connectivity index (χ3v) is 2.17. The number of pyridine rings is 1. The monoisotopic (exact) mass is 178 g/mol. The summed E-state index contributed by atoms with van der Waals surface area (Å²) in [5.41, 5.74) is 1.56. The molecule has 2 heterocycles. The van der Waals surface area contributed by atoms with E-state index in [9.17, 15) is 4.79 Å². The molecule has 1 aliphatic heterocycles. The van der Waals surface area contributed by atoms with Crippen LogP contribution in [0.5, 0.6) is 5.88 Å². The van der Waals surface area contributed by atoms with Crippen LogP contribution in [0.25, 0.3) is 0 Å². The fraction of sp³-hybridized carbons (Fsp3) is 0.333. The molecule has 1 aromatic heterocycles. The van der Waals surface area contributed by atoms with E-state index in [1.165, 1.54) is 0 Å². The molecule has 0 bridgehead atoms. The molecular weight excluding hydrogens is 168 g/mol. The molecule has 1 aromatic rings. The normalized spacial score (nSPS) is 19.5. The maximum atomic E-state index is 11.2. The van der Waals surface area contributed by atoms with Gasteiger partial charge in [0.05, 0.1) is 24.4 Å². The molecule has 1 amide bonds. The molecule has 0 fully saturated rings. The summed E-state index contributed by atoms with van der Waals surface area (Å²) in [6, 6.07) is 3.54. The lowest BCUT2D eigenvalue weighted by molar-refractivity contribution is -0.116. The predicted molar refractivity (Wildman–Crippen MR) is 47.8 cm³/mol. The van der Waals surface area contributed by atoms with Gasteiger partial charge in [0.1, 0.15) is 0 Å². The van der Waals surface area contributed by atoms with Crippen LogP contribution in [0.3, 0.4) is 0 Å². The number of rotatable bonds is 1. The number of aromatic nitrogens is 1. The van der Waals surface area contributed by atoms with Gasteiger partial charge in [0.25, 0.3) is 0 Å². The minimum atomic E-state index is -0.176. The Morgan fingerprint density at radius 3 is 3.00 bits per heavy atom. The van der Waals surface area contributed by atoms with Gasteiger partial charge < -0.3 is 10.1 Å². The van der Waals surface area contributed by atoms with Crippen LogP contribution in [0.15, 0.2) is 12.1 Å². The van der Waals surface area contributed by atoms with Gasteiger partial charge in [-0.25, -0.2) is 4.98 Å². The number of nitrogens with one attached hydrogen (secondary N) is 1. The summed E-state index contributed by atoms with van der Waals surface area (Å²) in [4.78, 5) is 15.4. The quantitative estimate of drug-likeness (QED) is 0.701. The van der Waals surface area contributed by atoms with E-state index in [2.05, 4.69) is 10.3 Å². The fourth-order valence-corrected chi connectivity index (χ4v) is 1.37.